The summed E-state index contributed by atoms with van der Waals surface area (Å²) in [6.45, 7) is 6.48. The van der Waals surface area contributed by atoms with Crippen molar-refractivity contribution in [2.75, 3.05) is 13.2 Å². The van der Waals surface area contributed by atoms with Crippen LogP contribution in [-0.2, 0) is 14.2 Å². The fraction of sp³-hybridized carbons (Fsp3) is 0.400. The second-order valence-electron chi connectivity index (χ2n) is 3.40. The Morgan fingerprint density at radius 3 is 1.10 bits per heavy atom. The van der Waals surface area contributed by atoms with Gasteiger partial charge in [0.15, 0.2) is 0 Å². The minimum atomic E-state index is -4.64. The van der Waals surface area contributed by atoms with Gasteiger partial charge in [0.25, 0.3) is 0 Å². The third kappa shape index (κ3) is 32.2. The summed E-state index contributed by atoms with van der Waals surface area (Å²) in [4.78, 5) is 41.8. The number of primary amides is 2. The van der Waals surface area contributed by atoms with Gasteiger partial charge in [0.05, 0.1) is 0 Å². The molecule has 11 heteroatoms. The number of aliphatic hydroxyl groups is 2. The maximum Gasteiger partial charge on any atom is 0.466 e. The van der Waals surface area contributed by atoms with Gasteiger partial charge in [-0.25, -0.2) is 4.57 Å². The van der Waals surface area contributed by atoms with Crippen LogP contribution < -0.4 is 11.5 Å². The summed E-state index contributed by atoms with van der Waals surface area (Å²) in [5.74, 6) is -1.09. The average molecular weight is 328 g/mol. The quantitative estimate of drug-likeness (QED) is 0.212. The highest BCUT2D eigenvalue weighted by Crippen LogP contribution is 2.25. The van der Waals surface area contributed by atoms with E-state index < -0.39 is 19.6 Å². The summed E-state index contributed by atoms with van der Waals surface area (Å²) in [5.41, 5.74) is 10.1. The molecule has 0 spiro atoms. The topological polar surface area (TPSA) is 204 Å². The fourth-order valence-corrected chi connectivity index (χ4v) is 0.516. The molecule has 0 aromatic rings. The molecular formula is C10H21N2O8P. The van der Waals surface area contributed by atoms with Crippen molar-refractivity contribution >= 4 is 19.6 Å². The lowest BCUT2D eigenvalue weighted by molar-refractivity contribution is -0.115. The van der Waals surface area contributed by atoms with Gasteiger partial charge in [-0.15, -0.1) is 0 Å². The van der Waals surface area contributed by atoms with Crippen molar-refractivity contribution < 1.29 is 39.0 Å². The minimum absolute atomic E-state index is 0.0677. The minimum Gasteiger partial charge on any atom is -0.396 e. The van der Waals surface area contributed by atoms with Crippen LogP contribution in [0.3, 0.4) is 0 Å². The maximum absolute atomic E-state index is 10.1. The highest BCUT2D eigenvalue weighted by atomic mass is 31.2. The van der Waals surface area contributed by atoms with Crippen molar-refractivity contribution in [3.8, 4) is 0 Å². The Balaban J connectivity index is -0.000000239. The van der Waals surface area contributed by atoms with Crippen LogP contribution >= 0.6 is 7.82 Å². The monoisotopic (exact) mass is 328 g/mol. The molecule has 0 atom stereocenters. The number of amides is 2. The van der Waals surface area contributed by atoms with Crippen molar-refractivity contribution in [3.63, 3.8) is 0 Å². The van der Waals surface area contributed by atoms with Crippen molar-refractivity contribution in [1.82, 2.24) is 0 Å². The largest absolute Gasteiger partial charge is 0.466 e. The fourth-order valence-electron chi connectivity index (χ4n) is 0.516. The Labute approximate surface area is 121 Å². The van der Waals surface area contributed by atoms with E-state index in [2.05, 4.69) is 13.2 Å². The second-order valence-corrected chi connectivity index (χ2v) is 4.42. The molecular weight excluding hydrogens is 307 g/mol. The van der Waals surface area contributed by atoms with Crippen LogP contribution in [0.1, 0.15) is 12.8 Å². The normalized spacial score (nSPS) is 9.38. The zero-order chi connectivity index (χ0) is 17.6. The summed E-state index contributed by atoms with van der Waals surface area (Å²) in [6, 6.07) is 0. The zero-order valence-corrected chi connectivity index (χ0v) is 12.2. The number of nitrogens with two attached hydrogens (primary N) is 2. The van der Waals surface area contributed by atoms with Crippen LogP contribution in [0.15, 0.2) is 24.3 Å². The summed E-state index contributed by atoms with van der Waals surface area (Å²) in [7, 11) is -4.64. The predicted molar refractivity (Wildman–Crippen MR) is 74.3 cm³/mol. The number of carbonyl (C=O) groups excluding carboxylic acids is 2. The third-order valence-corrected chi connectivity index (χ3v) is 1.52. The van der Waals surface area contributed by atoms with Gasteiger partial charge in [-0.3, -0.25) is 9.59 Å². The van der Waals surface area contributed by atoms with E-state index in [1.807, 2.05) is 0 Å². The number of aliphatic hydroxyl groups excluding tert-OH is 2. The smallest absolute Gasteiger partial charge is 0.396 e. The summed E-state index contributed by atoms with van der Waals surface area (Å²) in [6.07, 6.45) is 0.546. The first-order valence-corrected chi connectivity index (χ1v) is 6.88. The standard InChI is InChI=1S/2C5H9NO2.H3O4P/c2*1-4(2-3-7)5(6)8;1-5(2,3)4/h2*7H,1-3H2,(H2,6,8);(H3,1,2,3,4). The molecule has 124 valence electrons. The molecule has 0 saturated heterocycles. The molecule has 0 radical (unpaired) electrons. The van der Waals surface area contributed by atoms with E-state index in [4.69, 9.17) is 40.9 Å². The first-order chi connectivity index (χ1) is 9.36. The lowest BCUT2D eigenvalue weighted by Crippen LogP contribution is -2.13. The Morgan fingerprint density at radius 2 is 1.05 bits per heavy atom. The van der Waals surface area contributed by atoms with Gasteiger partial charge in [-0.1, -0.05) is 13.2 Å². The molecule has 0 saturated carbocycles. The third-order valence-electron chi connectivity index (χ3n) is 1.52. The van der Waals surface area contributed by atoms with Gasteiger partial charge < -0.3 is 36.4 Å². The van der Waals surface area contributed by atoms with Gasteiger partial charge in [-0.05, 0) is 0 Å². The first kappa shape index (κ1) is 24.5. The summed E-state index contributed by atoms with van der Waals surface area (Å²) >= 11 is 0. The van der Waals surface area contributed by atoms with E-state index >= 15 is 0 Å². The van der Waals surface area contributed by atoms with E-state index in [-0.39, 0.29) is 37.2 Å². The van der Waals surface area contributed by atoms with E-state index in [1.165, 1.54) is 0 Å². The lowest BCUT2D eigenvalue weighted by atomic mass is 10.2. The van der Waals surface area contributed by atoms with Crippen LogP contribution in [0.2, 0.25) is 0 Å². The molecule has 9 N–H and O–H groups in total. The number of rotatable bonds is 6. The molecule has 0 unspecified atom stereocenters. The van der Waals surface area contributed by atoms with E-state index in [0.29, 0.717) is 0 Å². The molecule has 0 aromatic carbocycles. The Morgan fingerprint density at radius 1 is 0.857 bits per heavy atom. The molecule has 0 heterocycles. The first-order valence-electron chi connectivity index (χ1n) is 5.31. The molecule has 10 nitrogen and oxygen atoms in total. The lowest BCUT2D eigenvalue weighted by Gasteiger charge is -1.93. The number of hydrogen-bond donors (Lipinski definition) is 7. The van der Waals surface area contributed by atoms with Crippen LogP contribution in [0.5, 0.6) is 0 Å². The molecule has 0 bridgehead atoms. The van der Waals surface area contributed by atoms with E-state index in [1.54, 1.807) is 0 Å². The molecule has 0 aliphatic heterocycles. The zero-order valence-electron chi connectivity index (χ0n) is 11.3. The van der Waals surface area contributed by atoms with Crippen LogP contribution in [-0.4, -0.2) is 49.9 Å². The van der Waals surface area contributed by atoms with Crippen molar-refractivity contribution in [2.45, 2.75) is 12.8 Å². The average Bonchev–Trinajstić information content (AvgIpc) is 2.28. The molecule has 0 aromatic heterocycles. The second kappa shape index (κ2) is 13.4. The van der Waals surface area contributed by atoms with Gasteiger partial charge >= 0.3 is 7.82 Å². The van der Waals surface area contributed by atoms with Crippen molar-refractivity contribution in [1.29, 1.82) is 0 Å². The maximum atomic E-state index is 10.1. The van der Waals surface area contributed by atoms with E-state index in [0.717, 1.165) is 0 Å². The molecule has 0 rings (SSSR count). The molecule has 0 aliphatic carbocycles. The van der Waals surface area contributed by atoms with Gasteiger partial charge in [0.1, 0.15) is 0 Å². The van der Waals surface area contributed by atoms with Crippen LogP contribution in [0.25, 0.3) is 0 Å². The van der Waals surface area contributed by atoms with Crippen molar-refractivity contribution in [3.05, 3.63) is 24.3 Å². The molecule has 2 amide bonds. The Bertz CT molecular complexity index is 368. The Hall–Kier alpha value is -1.55. The number of hydrogen-bond acceptors (Lipinski definition) is 5. The van der Waals surface area contributed by atoms with Crippen molar-refractivity contribution in [2.24, 2.45) is 11.5 Å². The highest BCUT2D eigenvalue weighted by molar-refractivity contribution is 7.45. The van der Waals surface area contributed by atoms with E-state index in [9.17, 15) is 9.59 Å². The van der Waals surface area contributed by atoms with Gasteiger partial charge in [0, 0.05) is 37.2 Å². The number of carbonyl (C=O) groups is 2. The van der Waals surface area contributed by atoms with Gasteiger partial charge in [0.2, 0.25) is 11.8 Å². The molecule has 0 fully saturated rings. The van der Waals surface area contributed by atoms with Crippen LogP contribution in [0, 0.1) is 0 Å². The van der Waals surface area contributed by atoms with Crippen LogP contribution in [0.4, 0.5) is 0 Å². The van der Waals surface area contributed by atoms with Gasteiger partial charge in [-0.2, -0.15) is 0 Å². The summed E-state index contributed by atoms with van der Waals surface area (Å²) in [5, 5.41) is 16.4. The number of phosphoric acid groups is 1. The molecule has 0 aliphatic rings. The summed E-state index contributed by atoms with van der Waals surface area (Å²) < 4.78 is 8.88. The SMILES string of the molecule is C=C(CCO)C(N)=O.C=C(CCO)C(N)=O.O=P(O)(O)O. The highest BCUT2D eigenvalue weighted by Gasteiger charge is 2.00. The predicted octanol–water partition coefficient (Wildman–Crippen LogP) is -2.11. The molecule has 21 heavy (non-hydrogen) atoms. The Kier molecular flexibility index (Phi) is 15.7.